The van der Waals surface area contributed by atoms with Crippen molar-refractivity contribution < 1.29 is 14.3 Å². The van der Waals surface area contributed by atoms with E-state index >= 15 is 0 Å². The molecule has 6 nitrogen and oxygen atoms in total. The molecule has 2 heterocycles. The van der Waals surface area contributed by atoms with Gasteiger partial charge in [0.1, 0.15) is 5.56 Å². The Morgan fingerprint density at radius 1 is 1.55 bits per heavy atom. The summed E-state index contributed by atoms with van der Waals surface area (Å²) in [4.78, 5) is 11.9. The van der Waals surface area contributed by atoms with Crippen molar-refractivity contribution in [2.45, 2.75) is 38.8 Å². The van der Waals surface area contributed by atoms with Crippen molar-refractivity contribution in [3.8, 4) is 0 Å². The van der Waals surface area contributed by atoms with Crippen molar-refractivity contribution in [3.63, 3.8) is 0 Å². The van der Waals surface area contributed by atoms with Gasteiger partial charge in [-0.05, 0) is 26.7 Å². The maximum absolute atomic E-state index is 11.9. The number of hydrogen-bond donors (Lipinski definition) is 1. The van der Waals surface area contributed by atoms with Gasteiger partial charge in [0.2, 0.25) is 0 Å². The first-order chi connectivity index (χ1) is 9.56. The number of rotatable bonds is 5. The molecule has 0 unspecified atom stereocenters. The number of nitrogens with one attached hydrogen (secondary N) is 1. The van der Waals surface area contributed by atoms with Crippen molar-refractivity contribution in [1.29, 1.82) is 0 Å². The van der Waals surface area contributed by atoms with Gasteiger partial charge in [0.05, 0.1) is 18.5 Å². The normalized spacial score (nSPS) is 17.9. The molecule has 1 N–H and O–H groups in total. The molecule has 1 aliphatic heterocycles. The van der Waals surface area contributed by atoms with Gasteiger partial charge in [-0.25, -0.2) is 4.79 Å². The smallest absolute Gasteiger partial charge is 0.341 e. The summed E-state index contributed by atoms with van der Waals surface area (Å²) >= 11 is 0. The molecule has 0 atom stereocenters. The highest BCUT2D eigenvalue weighted by molar-refractivity contribution is 5.90. The number of esters is 1. The highest BCUT2D eigenvalue weighted by Gasteiger charge is 2.28. The van der Waals surface area contributed by atoms with Crippen molar-refractivity contribution in [2.75, 3.05) is 19.8 Å². The van der Waals surface area contributed by atoms with E-state index in [1.807, 2.05) is 7.05 Å². The molecule has 2 rings (SSSR count). The third-order valence-corrected chi connectivity index (χ3v) is 3.84. The van der Waals surface area contributed by atoms with Crippen molar-refractivity contribution in [2.24, 2.45) is 7.05 Å². The van der Waals surface area contributed by atoms with Gasteiger partial charge in [0.15, 0.2) is 0 Å². The highest BCUT2D eigenvalue weighted by atomic mass is 16.5. The van der Waals surface area contributed by atoms with Crippen LogP contribution in [-0.2, 0) is 23.1 Å². The number of aryl methyl sites for hydroxylation is 1. The Labute approximate surface area is 119 Å². The van der Waals surface area contributed by atoms with E-state index < -0.39 is 0 Å². The lowest BCUT2D eigenvalue weighted by atomic mass is 9.92. The Balaban J connectivity index is 2.05. The molecule has 1 aromatic heterocycles. The first kappa shape index (κ1) is 15.0. The molecule has 0 radical (unpaired) electrons. The van der Waals surface area contributed by atoms with E-state index in [2.05, 4.69) is 17.3 Å². The standard InChI is InChI=1S/C14H23N3O3/c1-4-20-13(18)11-9-16-17(3)12(11)10-15-14(2)5-7-19-8-6-14/h9,15H,4-8,10H2,1-3H3. The minimum Gasteiger partial charge on any atom is -0.462 e. The van der Waals surface area contributed by atoms with Crippen LogP contribution in [0.1, 0.15) is 42.7 Å². The molecule has 0 amide bonds. The number of ether oxygens (including phenoxy) is 2. The molecule has 0 bridgehead atoms. The summed E-state index contributed by atoms with van der Waals surface area (Å²) in [7, 11) is 1.84. The number of hydrogen-bond acceptors (Lipinski definition) is 5. The van der Waals surface area contributed by atoms with Crippen LogP contribution in [0.4, 0.5) is 0 Å². The van der Waals surface area contributed by atoms with Crippen LogP contribution < -0.4 is 5.32 Å². The lowest BCUT2D eigenvalue weighted by molar-refractivity contribution is 0.0438. The van der Waals surface area contributed by atoms with Crippen LogP contribution in [0.3, 0.4) is 0 Å². The van der Waals surface area contributed by atoms with E-state index in [0.717, 1.165) is 31.7 Å². The summed E-state index contributed by atoms with van der Waals surface area (Å²) in [6.45, 7) is 6.52. The summed E-state index contributed by atoms with van der Waals surface area (Å²) in [5.41, 5.74) is 1.45. The molecule has 20 heavy (non-hydrogen) atoms. The first-order valence-electron chi connectivity index (χ1n) is 7.06. The second-order valence-corrected chi connectivity index (χ2v) is 5.38. The summed E-state index contributed by atoms with van der Waals surface area (Å²) in [6, 6.07) is 0. The van der Waals surface area contributed by atoms with Crippen LogP contribution in [-0.4, -0.2) is 41.1 Å². The molecule has 1 saturated heterocycles. The lowest BCUT2D eigenvalue weighted by Gasteiger charge is -2.34. The van der Waals surface area contributed by atoms with E-state index in [0.29, 0.717) is 18.7 Å². The van der Waals surface area contributed by atoms with Crippen molar-refractivity contribution in [3.05, 3.63) is 17.5 Å². The number of carbonyl (C=O) groups is 1. The van der Waals surface area contributed by atoms with Gasteiger partial charge in [0.25, 0.3) is 0 Å². The molecule has 1 aliphatic rings. The van der Waals surface area contributed by atoms with Gasteiger partial charge in [-0.1, -0.05) is 0 Å². The van der Waals surface area contributed by atoms with Crippen molar-refractivity contribution in [1.82, 2.24) is 15.1 Å². The third-order valence-electron chi connectivity index (χ3n) is 3.84. The van der Waals surface area contributed by atoms with Crippen LogP contribution in [0.2, 0.25) is 0 Å². The molecule has 1 fully saturated rings. The van der Waals surface area contributed by atoms with E-state index in [1.165, 1.54) is 0 Å². The van der Waals surface area contributed by atoms with Crippen LogP contribution in [0, 0.1) is 0 Å². The quantitative estimate of drug-likeness (QED) is 0.823. The summed E-state index contributed by atoms with van der Waals surface area (Å²) in [5.74, 6) is -0.311. The Bertz CT molecular complexity index is 464. The third kappa shape index (κ3) is 3.37. The minimum absolute atomic E-state index is 0.0501. The van der Waals surface area contributed by atoms with E-state index in [1.54, 1.807) is 17.8 Å². The molecule has 0 saturated carbocycles. The minimum atomic E-state index is -0.311. The first-order valence-corrected chi connectivity index (χ1v) is 7.06. The number of carbonyl (C=O) groups excluding carboxylic acids is 1. The Hall–Kier alpha value is -1.40. The summed E-state index contributed by atoms with van der Waals surface area (Å²) in [5, 5.41) is 7.69. The maximum atomic E-state index is 11.9. The average Bonchev–Trinajstić information content (AvgIpc) is 2.79. The number of aromatic nitrogens is 2. The van der Waals surface area contributed by atoms with Gasteiger partial charge in [-0.15, -0.1) is 0 Å². The second kappa shape index (κ2) is 6.37. The Kier molecular flexibility index (Phi) is 4.77. The molecule has 1 aromatic rings. The predicted octanol–water partition coefficient (Wildman–Crippen LogP) is 1.26. The molecule has 0 spiro atoms. The topological polar surface area (TPSA) is 65.4 Å². The fourth-order valence-electron chi connectivity index (χ4n) is 2.35. The van der Waals surface area contributed by atoms with E-state index in [9.17, 15) is 4.79 Å². The zero-order valence-electron chi connectivity index (χ0n) is 12.4. The highest BCUT2D eigenvalue weighted by Crippen LogP contribution is 2.21. The fourth-order valence-corrected chi connectivity index (χ4v) is 2.35. The predicted molar refractivity (Wildman–Crippen MR) is 74.5 cm³/mol. The summed E-state index contributed by atoms with van der Waals surface area (Å²) in [6.07, 6.45) is 3.51. The Morgan fingerprint density at radius 3 is 2.90 bits per heavy atom. The zero-order valence-corrected chi connectivity index (χ0v) is 12.4. The lowest BCUT2D eigenvalue weighted by Crippen LogP contribution is -2.46. The van der Waals surface area contributed by atoms with Gasteiger partial charge in [-0.3, -0.25) is 4.68 Å². The van der Waals surface area contributed by atoms with Gasteiger partial charge < -0.3 is 14.8 Å². The molecule has 0 aromatic carbocycles. The molecular weight excluding hydrogens is 258 g/mol. The van der Waals surface area contributed by atoms with Gasteiger partial charge in [-0.2, -0.15) is 5.10 Å². The number of nitrogens with zero attached hydrogens (tertiary/aromatic N) is 2. The van der Waals surface area contributed by atoms with E-state index in [4.69, 9.17) is 9.47 Å². The zero-order chi connectivity index (χ0) is 14.6. The van der Waals surface area contributed by atoms with Crippen LogP contribution in [0.15, 0.2) is 6.20 Å². The second-order valence-electron chi connectivity index (χ2n) is 5.38. The monoisotopic (exact) mass is 281 g/mol. The molecular formula is C14H23N3O3. The van der Waals surface area contributed by atoms with Crippen LogP contribution >= 0.6 is 0 Å². The van der Waals surface area contributed by atoms with Gasteiger partial charge in [0, 0.05) is 32.3 Å². The Morgan fingerprint density at radius 2 is 2.25 bits per heavy atom. The van der Waals surface area contributed by atoms with Crippen LogP contribution in [0.25, 0.3) is 0 Å². The van der Waals surface area contributed by atoms with Crippen LogP contribution in [0.5, 0.6) is 0 Å². The largest absolute Gasteiger partial charge is 0.462 e. The molecule has 0 aliphatic carbocycles. The average molecular weight is 281 g/mol. The maximum Gasteiger partial charge on any atom is 0.341 e. The summed E-state index contributed by atoms with van der Waals surface area (Å²) < 4.78 is 12.2. The fraction of sp³-hybridized carbons (Fsp3) is 0.714. The van der Waals surface area contributed by atoms with E-state index in [-0.39, 0.29) is 11.5 Å². The van der Waals surface area contributed by atoms with Gasteiger partial charge >= 0.3 is 5.97 Å². The van der Waals surface area contributed by atoms with Crippen molar-refractivity contribution >= 4 is 5.97 Å². The SMILES string of the molecule is CCOC(=O)c1cnn(C)c1CNC1(C)CCOCC1. The molecule has 112 valence electrons. The molecule has 6 heteroatoms.